The van der Waals surface area contributed by atoms with E-state index in [2.05, 4.69) is 38.1 Å². The highest BCUT2D eigenvalue weighted by atomic mass is 16.6. The number of carbonyl (C=O) groups is 1. The average molecular weight is 418 g/mol. The smallest absolute Gasteiger partial charge is 0.329 e. The summed E-state index contributed by atoms with van der Waals surface area (Å²) < 4.78 is 17.0. The van der Waals surface area contributed by atoms with Crippen LogP contribution >= 0.6 is 0 Å². The molecule has 0 atom stereocenters. The van der Waals surface area contributed by atoms with Crippen molar-refractivity contribution < 1.29 is 24.1 Å². The highest BCUT2D eigenvalue weighted by molar-refractivity contribution is 5.69. The van der Waals surface area contributed by atoms with Crippen molar-refractivity contribution >= 4 is 5.97 Å². The Bertz CT molecular complexity index is 1050. The number of ether oxygens (including phenoxy) is 3. The third-order valence-corrected chi connectivity index (χ3v) is 5.82. The number of carboxylic acids is 1. The minimum absolute atomic E-state index is 0.349. The van der Waals surface area contributed by atoms with Gasteiger partial charge in [-0.2, -0.15) is 0 Å². The zero-order valence-electron chi connectivity index (χ0n) is 17.8. The van der Waals surface area contributed by atoms with Gasteiger partial charge in [0.15, 0.2) is 0 Å². The second kappa shape index (κ2) is 8.92. The van der Waals surface area contributed by atoms with Crippen LogP contribution < -0.4 is 4.74 Å². The molecule has 5 heteroatoms. The van der Waals surface area contributed by atoms with Gasteiger partial charge in [0.05, 0.1) is 13.2 Å². The number of hydrogen-bond acceptors (Lipinski definition) is 4. The van der Waals surface area contributed by atoms with Gasteiger partial charge in [0.2, 0.25) is 0 Å². The molecule has 3 aromatic carbocycles. The Morgan fingerprint density at radius 1 is 1.00 bits per heavy atom. The quantitative estimate of drug-likeness (QED) is 0.565. The molecule has 4 rings (SSSR count). The Labute approximate surface area is 182 Å². The molecule has 31 heavy (non-hydrogen) atoms. The number of aryl methyl sites for hydroxylation is 1. The maximum atomic E-state index is 10.9. The van der Waals surface area contributed by atoms with Gasteiger partial charge in [-0.1, -0.05) is 54.6 Å². The fourth-order valence-electron chi connectivity index (χ4n) is 3.88. The minimum Gasteiger partial charge on any atom is -0.489 e. The van der Waals surface area contributed by atoms with E-state index in [1.165, 1.54) is 27.8 Å². The molecular weight excluding hydrogens is 392 g/mol. The van der Waals surface area contributed by atoms with E-state index in [0.717, 1.165) is 11.3 Å². The number of carboxylic acid groups (broad SMARTS) is 1. The predicted octanol–water partition coefficient (Wildman–Crippen LogP) is 4.88. The van der Waals surface area contributed by atoms with Crippen molar-refractivity contribution in [2.24, 2.45) is 0 Å². The first-order valence-corrected chi connectivity index (χ1v) is 10.3. The van der Waals surface area contributed by atoms with E-state index >= 15 is 0 Å². The molecule has 1 saturated heterocycles. The highest BCUT2D eigenvalue weighted by Gasteiger charge is 2.42. The van der Waals surface area contributed by atoms with Crippen LogP contribution in [0.15, 0.2) is 66.7 Å². The largest absolute Gasteiger partial charge is 0.489 e. The Hall–Kier alpha value is -3.15. The van der Waals surface area contributed by atoms with Gasteiger partial charge in [-0.25, -0.2) is 4.79 Å². The summed E-state index contributed by atoms with van der Waals surface area (Å²) in [6.45, 7) is 5.07. The maximum Gasteiger partial charge on any atom is 0.329 e. The van der Waals surface area contributed by atoms with Crippen LogP contribution in [0.2, 0.25) is 0 Å². The minimum atomic E-state index is -0.991. The van der Waals surface area contributed by atoms with Crippen LogP contribution in [-0.2, 0) is 26.5 Å². The molecule has 0 spiro atoms. The molecule has 0 aromatic heterocycles. The van der Waals surface area contributed by atoms with Gasteiger partial charge < -0.3 is 19.3 Å². The van der Waals surface area contributed by atoms with Crippen LogP contribution in [0.25, 0.3) is 11.1 Å². The van der Waals surface area contributed by atoms with Crippen LogP contribution in [0.5, 0.6) is 5.75 Å². The molecule has 0 bridgehead atoms. The third kappa shape index (κ3) is 4.48. The zero-order valence-corrected chi connectivity index (χ0v) is 17.8. The molecule has 0 radical (unpaired) electrons. The lowest BCUT2D eigenvalue weighted by Gasteiger charge is -2.41. The SMILES string of the molecule is Cc1ccc(-c2ccccc2)c(C)c1COc1ccc(C2(OCC(=O)O)COC2)cc1. The van der Waals surface area contributed by atoms with E-state index < -0.39 is 11.6 Å². The summed E-state index contributed by atoms with van der Waals surface area (Å²) in [6, 6.07) is 22.3. The molecule has 5 nitrogen and oxygen atoms in total. The molecule has 160 valence electrons. The van der Waals surface area contributed by atoms with Crippen LogP contribution in [0.3, 0.4) is 0 Å². The Morgan fingerprint density at radius 2 is 1.71 bits per heavy atom. The number of benzene rings is 3. The summed E-state index contributed by atoms with van der Waals surface area (Å²) in [7, 11) is 0. The van der Waals surface area contributed by atoms with Gasteiger partial charge >= 0.3 is 5.97 Å². The second-order valence-electron chi connectivity index (χ2n) is 7.88. The van der Waals surface area contributed by atoms with Crippen molar-refractivity contribution in [1.82, 2.24) is 0 Å². The molecule has 0 amide bonds. The Morgan fingerprint density at radius 3 is 2.32 bits per heavy atom. The van der Waals surface area contributed by atoms with Crippen molar-refractivity contribution in [3.63, 3.8) is 0 Å². The molecule has 0 unspecified atom stereocenters. The van der Waals surface area contributed by atoms with E-state index in [1.807, 2.05) is 42.5 Å². The van der Waals surface area contributed by atoms with Gasteiger partial charge in [-0.15, -0.1) is 0 Å². The van der Waals surface area contributed by atoms with Crippen molar-refractivity contribution in [2.75, 3.05) is 19.8 Å². The van der Waals surface area contributed by atoms with E-state index in [1.54, 1.807) is 0 Å². The van der Waals surface area contributed by atoms with Gasteiger partial charge in [0.1, 0.15) is 24.6 Å². The number of rotatable bonds is 8. The van der Waals surface area contributed by atoms with Crippen molar-refractivity contribution in [3.05, 3.63) is 89.0 Å². The fourth-order valence-corrected chi connectivity index (χ4v) is 3.88. The second-order valence-corrected chi connectivity index (χ2v) is 7.88. The van der Waals surface area contributed by atoms with Crippen LogP contribution in [-0.4, -0.2) is 30.9 Å². The summed E-state index contributed by atoms with van der Waals surface area (Å²) >= 11 is 0. The molecular formula is C26H26O5. The zero-order chi connectivity index (χ0) is 21.8. The maximum absolute atomic E-state index is 10.9. The molecule has 0 aliphatic carbocycles. The fraction of sp³-hybridized carbons (Fsp3) is 0.269. The van der Waals surface area contributed by atoms with Gasteiger partial charge in [-0.3, -0.25) is 0 Å². The van der Waals surface area contributed by atoms with Crippen molar-refractivity contribution in [1.29, 1.82) is 0 Å². The summed E-state index contributed by atoms with van der Waals surface area (Å²) in [5.74, 6) is -0.240. The van der Waals surface area contributed by atoms with Crippen LogP contribution in [0, 0.1) is 13.8 Å². The summed E-state index contributed by atoms with van der Waals surface area (Å²) in [5, 5.41) is 8.92. The third-order valence-electron chi connectivity index (χ3n) is 5.82. The molecule has 0 saturated carbocycles. The van der Waals surface area contributed by atoms with Gasteiger partial charge in [0.25, 0.3) is 0 Å². The van der Waals surface area contributed by atoms with E-state index in [-0.39, 0.29) is 6.61 Å². The lowest BCUT2D eigenvalue weighted by molar-refractivity contribution is -0.220. The molecule has 1 N–H and O–H groups in total. The Balaban J connectivity index is 1.48. The lowest BCUT2D eigenvalue weighted by atomic mass is 9.91. The van der Waals surface area contributed by atoms with Crippen LogP contribution in [0.4, 0.5) is 0 Å². The van der Waals surface area contributed by atoms with Crippen molar-refractivity contribution in [2.45, 2.75) is 26.1 Å². The first-order chi connectivity index (χ1) is 15.0. The molecule has 1 heterocycles. The summed E-state index contributed by atoms with van der Waals surface area (Å²) in [6.07, 6.45) is 0. The molecule has 1 aliphatic heterocycles. The molecule has 3 aromatic rings. The van der Waals surface area contributed by atoms with Gasteiger partial charge in [-0.05, 0) is 59.4 Å². The van der Waals surface area contributed by atoms with Crippen LogP contribution in [0.1, 0.15) is 22.3 Å². The highest BCUT2D eigenvalue weighted by Crippen LogP contribution is 2.35. The molecule has 1 aliphatic rings. The van der Waals surface area contributed by atoms with E-state index in [9.17, 15) is 4.79 Å². The monoisotopic (exact) mass is 418 g/mol. The van der Waals surface area contributed by atoms with Gasteiger partial charge in [0, 0.05) is 0 Å². The predicted molar refractivity (Wildman–Crippen MR) is 118 cm³/mol. The first-order valence-electron chi connectivity index (χ1n) is 10.3. The summed E-state index contributed by atoms with van der Waals surface area (Å²) in [4.78, 5) is 10.9. The average Bonchev–Trinajstić information content (AvgIpc) is 2.74. The van der Waals surface area contributed by atoms with E-state index in [0.29, 0.717) is 19.8 Å². The van der Waals surface area contributed by atoms with E-state index in [4.69, 9.17) is 19.3 Å². The normalized spacial score (nSPS) is 14.6. The Kier molecular flexibility index (Phi) is 6.07. The number of aliphatic carboxylic acids is 1. The standard InChI is InChI=1S/C26H26O5/c1-18-8-13-23(20-6-4-3-5-7-20)19(2)24(18)14-30-22-11-9-21(10-12-22)26(16-29-17-26)31-15-25(27)28/h3-13H,14-17H2,1-2H3,(H,27,28). The first kappa shape index (κ1) is 21.1. The summed E-state index contributed by atoms with van der Waals surface area (Å²) in [5.41, 5.74) is 6.21. The lowest BCUT2D eigenvalue weighted by Crippen LogP contribution is -2.49. The topological polar surface area (TPSA) is 65.0 Å². The molecule has 1 fully saturated rings. The number of hydrogen-bond donors (Lipinski definition) is 1. The van der Waals surface area contributed by atoms with Crippen molar-refractivity contribution in [3.8, 4) is 16.9 Å².